The van der Waals surface area contributed by atoms with Crippen molar-refractivity contribution in [2.75, 3.05) is 18.1 Å². The Morgan fingerprint density at radius 1 is 1.16 bits per heavy atom. The Bertz CT molecular complexity index is 1680. The minimum atomic E-state index is -0.566. The maximum absolute atomic E-state index is 13.0. The van der Waals surface area contributed by atoms with Crippen molar-refractivity contribution in [3.05, 3.63) is 57.6 Å². The zero-order valence-electron chi connectivity index (χ0n) is 23.0. The van der Waals surface area contributed by atoms with Gasteiger partial charge in [-0.15, -0.1) is 11.3 Å². The summed E-state index contributed by atoms with van der Waals surface area (Å²) in [6.45, 7) is 0.942. The number of rotatable bonds is 8. The molecule has 0 spiro atoms. The van der Waals surface area contributed by atoms with E-state index in [-0.39, 0.29) is 41.0 Å². The molecule has 3 aliphatic rings. The molecule has 3 heterocycles. The van der Waals surface area contributed by atoms with Gasteiger partial charge in [0.05, 0.1) is 43.7 Å². The number of fused-ring (bicyclic) bond motifs is 2. The number of thiazole rings is 1. The van der Waals surface area contributed by atoms with E-state index in [0.29, 0.717) is 39.2 Å². The molecule has 11 nitrogen and oxygen atoms in total. The van der Waals surface area contributed by atoms with Crippen molar-refractivity contribution < 1.29 is 24.0 Å². The molecule has 1 N–H and O–H groups in total. The molecule has 1 aromatic heterocycles. The number of nitro groups is 1. The summed E-state index contributed by atoms with van der Waals surface area (Å²) in [5.41, 5.74) is 1.17. The van der Waals surface area contributed by atoms with Gasteiger partial charge < -0.3 is 10.1 Å². The Hall–Kier alpha value is -4.12. The Labute approximate surface area is 255 Å². The number of benzene rings is 2. The van der Waals surface area contributed by atoms with E-state index in [2.05, 4.69) is 10.3 Å². The second kappa shape index (κ2) is 12.2. The van der Waals surface area contributed by atoms with Crippen LogP contribution in [0.2, 0.25) is 0 Å². The predicted octanol–water partition coefficient (Wildman–Crippen LogP) is 5.24. The van der Waals surface area contributed by atoms with Crippen LogP contribution in [0, 0.1) is 33.3 Å². The third kappa shape index (κ3) is 5.90. The fraction of sp³-hybridized carbons (Fsp3) is 0.367. The summed E-state index contributed by atoms with van der Waals surface area (Å²) in [7, 11) is 0. The van der Waals surface area contributed by atoms with Crippen molar-refractivity contribution in [1.29, 1.82) is 5.26 Å². The zero-order chi connectivity index (χ0) is 30.1. The standard InChI is InChI=1S/C30H27N5O6S2/c31-15-18(27(36)32-16-20-4-3-11-41-20)12-17-7-10-25(24(13-17)35(39)40)42-30-33-23-9-8-19(14-26(23)43-30)34-28(37)21-5-1-2-6-22(21)29(34)38/h7-10,12-14,20-22H,1-6,11,16H2,(H,32,36)/b18-12+/t20-,21-,22-/m1/s1. The number of amides is 3. The van der Waals surface area contributed by atoms with Gasteiger partial charge in [0.15, 0.2) is 4.34 Å². The van der Waals surface area contributed by atoms with Gasteiger partial charge in [-0.3, -0.25) is 29.4 Å². The van der Waals surface area contributed by atoms with Gasteiger partial charge in [0, 0.05) is 19.2 Å². The first kappa shape index (κ1) is 29.0. The number of ether oxygens (including phenoxy) is 1. The Kier molecular flexibility index (Phi) is 8.25. The van der Waals surface area contributed by atoms with Gasteiger partial charge in [-0.1, -0.05) is 30.7 Å². The van der Waals surface area contributed by atoms with Crippen molar-refractivity contribution in [2.24, 2.45) is 11.8 Å². The zero-order valence-corrected chi connectivity index (χ0v) is 24.6. The maximum atomic E-state index is 13.0. The summed E-state index contributed by atoms with van der Waals surface area (Å²) < 4.78 is 6.79. The number of hydrogen-bond donors (Lipinski definition) is 1. The van der Waals surface area contributed by atoms with Gasteiger partial charge >= 0.3 is 0 Å². The quantitative estimate of drug-likeness (QED) is 0.117. The number of nitro benzene ring substituents is 1. The summed E-state index contributed by atoms with van der Waals surface area (Å²) in [6.07, 6.45) is 6.40. The lowest BCUT2D eigenvalue weighted by atomic mass is 9.81. The van der Waals surface area contributed by atoms with Gasteiger partial charge in [0.25, 0.3) is 11.6 Å². The minimum absolute atomic E-state index is 0.0788. The van der Waals surface area contributed by atoms with Gasteiger partial charge in [-0.25, -0.2) is 4.98 Å². The highest BCUT2D eigenvalue weighted by Crippen LogP contribution is 2.43. The second-order valence-electron chi connectivity index (χ2n) is 10.7. The van der Waals surface area contributed by atoms with Crippen LogP contribution < -0.4 is 10.2 Å². The molecule has 2 saturated heterocycles. The molecule has 0 unspecified atom stereocenters. The van der Waals surface area contributed by atoms with Crippen LogP contribution in [-0.4, -0.2) is 46.9 Å². The van der Waals surface area contributed by atoms with Crippen molar-refractivity contribution >= 4 is 68.5 Å². The Morgan fingerprint density at radius 3 is 2.60 bits per heavy atom. The molecule has 3 aromatic rings. The van der Waals surface area contributed by atoms with Crippen molar-refractivity contribution in [2.45, 2.75) is 53.9 Å². The second-order valence-corrected chi connectivity index (χ2v) is 13.1. The van der Waals surface area contributed by atoms with Crippen LogP contribution >= 0.6 is 23.1 Å². The molecule has 2 aliphatic heterocycles. The van der Waals surface area contributed by atoms with Crippen molar-refractivity contribution in [1.82, 2.24) is 10.3 Å². The van der Waals surface area contributed by atoms with Crippen LogP contribution in [0.4, 0.5) is 11.4 Å². The van der Waals surface area contributed by atoms with E-state index in [1.165, 1.54) is 28.4 Å². The molecular formula is C30H27N5O6S2. The number of nitrogens with zero attached hydrogens (tertiary/aromatic N) is 4. The van der Waals surface area contributed by atoms with Crippen LogP contribution in [0.15, 0.2) is 51.2 Å². The van der Waals surface area contributed by atoms with E-state index in [9.17, 15) is 29.8 Å². The first-order valence-electron chi connectivity index (χ1n) is 14.1. The van der Waals surface area contributed by atoms with E-state index in [4.69, 9.17) is 4.74 Å². The summed E-state index contributed by atoms with van der Waals surface area (Å²) in [5.74, 6) is -1.33. The number of nitrogens with one attached hydrogen (secondary N) is 1. The molecule has 0 bridgehead atoms. The van der Waals surface area contributed by atoms with Crippen LogP contribution in [0.1, 0.15) is 44.1 Å². The molecule has 2 aromatic carbocycles. The SMILES string of the molecule is N#C/C(=C\c1ccc(Sc2nc3ccc(N4C(=O)[C@@H]5CCCC[C@H]5C4=O)cc3s2)c([N+](=O)[O-])c1)C(=O)NC[C@H]1CCCO1. The highest BCUT2D eigenvalue weighted by atomic mass is 32.2. The summed E-state index contributed by atoms with van der Waals surface area (Å²) in [6, 6.07) is 11.6. The average Bonchev–Trinajstić information content (AvgIpc) is 3.73. The fourth-order valence-corrected chi connectivity index (χ4v) is 8.00. The molecule has 3 fully saturated rings. The van der Waals surface area contributed by atoms with Crippen LogP contribution in [0.3, 0.4) is 0 Å². The molecular weight excluding hydrogens is 590 g/mol. The summed E-state index contributed by atoms with van der Waals surface area (Å²) in [5, 5.41) is 24.2. The largest absolute Gasteiger partial charge is 0.376 e. The molecule has 1 saturated carbocycles. The van der Waals surface area contributed by atoms with Gasteiger partial charge in [-0.2, -0.15) is 5.26 Å². The molecule has 3 atom stereocenters. The number of hydrogen-bond acceptors (Lipinski definition) is 10. The van der Waals surface area contributed by atoms with Crippen molar-refractivity contribution in [3.8, 4) is 6.07 Å². The first-order chi connectivity index (χ1) is 20.8. The van der Waals surface area contributed by atoms with E-state index in [1.54, 1.807) is 30.3 Å². The van der Waals surface area contributed by atoms with Crippen molar-refractivity contribution in [3.63, 3.8) is 0 Å². The lowest BCUT2D eigenvalue weighted by Crippen LogP contribution is -2.32. The van der Waals surface area contributed by atoms with E-state index >= 15 is 0 Å². The molecule has 220 valence electrons. The van der Waals surface area contributed by atoms with Gasteiger partial charge in [0.1, 0.15) is 11.6 Å². The number of carbonyl (C=O) groups is 3. The molecule has 6 rings (SSSR count). The highest BCUT2D eigenvalue weighted by molar-refractivity contribution is 8.01. The third-order valence-corrected chi connectivity index (χ3v) is 10.2. The Morgan fingerprint density at radius 2 is 1.93 bits per heavy atom. The van der Waals surface area contributed by atoms with Crippen LogP contribution in [0.25, 0.3) is 16.3 Å². The highest BCUT2D eigenvalue weighted by Gasteiger charge is 2.48. The smallest absolute Gasteiger partial charge is 0.283 e. The topological polar surface area (TPSA) is 156 Å². The van der Waals surface area contributed by atoms with Gasteiger partial charge in [0.2, 0.25) is 11.8 Å². The maximum Gasteiger partial charge on any atom is 0.283 e. The van der Waals surface area contributed by atoms with E-state index in [0.717, 1.165) is 55.0 Å². The fourth-order valence-electron chi connectivity index (χ4n) is 5.86. The third-order valence-electron chi connectivity index (χ3n) is 8.02. The minimum Gasteiger partial charge on any atom is -0.376 e. The number of imide groups is 1. The number of carbonyl (C=O) groups excluding carboxylic acids is 3. The number of nitriles is 1. The molecule has 1 aliphatic carbocycles. The average molecular weight is 618 g/mol. The molecule has 13 heteroatoms. The number of aromatic nitrogens is 1. The van der Waals surface area contributed by atoms with E-state index in [1.807, 2.05) is 6.07 Å². The molecule has 43 heavy (non-hydrogen) atoms. The molecule has 0 radical (unpaired) electrons. The van der Waals surface area contributed by atoms with Crippen LogP contribution in [0.5, 0.6) is 0 Å². The lowest BCUT2D eigenvalue weighted by Gasteiger charge is -2.19. The monoisotopic (exact) mass is 617 g/mol. The van der Waals surface area contributed by atoms with Gasteiger partial charge in [-0.05, 0) is 61.6 Å². The normalized spacial score (nSPS) is 22.1. The number of anilines is 1. The summed E-state index contributed by atoms with van der Waals surface area (Å²) in [4.78, 5) is 56.3. The predicted molar refractivity (Wildman–Crippen MR) is 160 cm³/mol. The lowest BCUT2D eigenvalue weighted by molar-refractivity contribution is -0.387. The van der Waals surface area contributed by atoms with E-state index < -0.39 is 10.8 Å². The Balaban J connectivity index is 1.20. The first-order valence-corrected chi connectivity index (χ1v) is 15.7. The summed E-state index contributed by atoms with van der Waals surface area (Å²) >= 11 is 2.44. The van der Waals surface area contributed by atoms with Crippen LogP contribution in [-0.2, 0) is 19.1 Å². The molecule has 3 amide bonds.